The van der Waals surface area contributed by atoms with Gasteiger partial charge in [0, 0.05) is 32.7 Å². The molecule has 0 aromatic heterocycles. The molecule has 0 aliphatic carbocycles. The molecule has 0 unspecified atom stereocenters. The molecule has 2 rings (SSSR count). The molecule has 1 fully saturated rings. The average Bonchev–Trinajstić information content (AvgIpc) is 2.41. The SMILES string of the molecule is C[C@@H](O)c1cccc(OCCN2CCN(C)CC2)c1. The third kappa shape index (κ3) is 4.49. The number of ether oxygens (including phenoxy) is 1. The summed E-state index contributed by atoms with van der Waals surface area (Å²) in [6, 6.07) is 7.69. The fourth-order valence-corrected chi connectivity index (χ4v) is 2.23. The van der Waals surface area contributed by atoms with Gasteiger partial charge in [0.15, 0.2) is 0 Å². The van der Waals surface area contributed by atoms with Crippen molar-refractivity contribution in [1.29, 1.82) is 0 Å². The van der Waals surface area contributed by atoms with Gasteiger partial charge in [-0.15, -0.1) is 0 Å². The Bertz CT molecular complexity index is 387. The summed E-state index contributed by atoms with van der Waals surface area (Å²) in [5.74, 6) is 0.840. The maximum Gasteiger partial charge on any atom is 0.119 e. The highest BCUT2D eigenvalue weighted by Gasteiger charge is 2.13. The van der Waals surface area contributed by atoms with Crippen LogP contribution in [-0.2, 0) is 0 Å². The molecule has 1 aliphatic heterocycles. The summed E-state index contributed by atoms with van der Waals surface area (Å²) in [6.07, 6.45) is -0.443. The van der Waals surface area contributed by atoms with Crippen LogP contribution in [0.1, 0.15) is 18.6 Å². The Hall–Kier alpha value is -1.10. The molecule has 4 heteroatoms. The predicted molar refractivity (Wildman–Crippen MR) is 76.5 cm³/mol. The Morgan fingerprint density at radius 1 is 1.26 bits per heavy atom. The zero-order chi connectivity index (χ0) is 13.7. The molecule has 19 heavy (non-hydrogen) atoms. The van der Waals surface area contributed by atoms with Gasteiger partial charge in [-0.1, -0.05) is 12.1 Å². The van der Waals surface area contributed by atoms with Crippen LogP contribution in [-0.4, -0.2) is 61.3 Å². The molecule has 1 aromatic rings. The standard InChI is InChI=1S/C15H24N2O2/c1-13(18)14-4-3-5-15(12-14)19-11-10-17-8-6-16(2)7-9-17/h3-5,12-13,18H,6-11H2,1-2H3/t13-/m1/s1. The van der Waals surface area contributed by atoms with Gasteiger partial charge in [0.05, 0.1) is 6.10 Å². The van der Waals surface area contributed by atoms with Crippen molar-refractivity contribution >= 4 is 0 Å². The van der Waals surface area contributed by atoms with Crippen LogP contribution in [0.5, 0.6) is 5.75 Å². The highest BCUT2D eigenvalue weighted by molar-refractivity contribution is 5.29. The topological polar surface area (TPSA) is 35.9 Å². The number of likely N-dealkylation sites (N-methyl/N-ethyl adjacent to an activating group) is 1. The minimum atomic E-state index is -0.443. The summed E-state index contributed by atoms with van der Waals surface area (Å²) in [5, 5.41) is 9.53. The molecule has 0 bridgehead atoms. The van der Waals surface area contributed by atoms with Crippen LogP contribution in [0.15, 0.2) is 24.3 Å². The maximum absolute atomic E-state index is 9.53. The van der Waals surface area contributed by atoms with E-state index in [0.717, 1.165) is 44.0 Å². The second kappa shape index (κ2) is 6.89. The van der Waals surface area contributed by atoms with E-state index in [0.29, 0.717) is 6.61 Å². The highest BCUT2D eigenvalue weighted by atomic mass is 16.5. The van der Waals surface area contributed by atoms with Crippen LogP contribution in [0.3, 0.4) is 0 Å². The average molecular weight is 264 g/mol. The molecular formula is C15H24N2O2. The molecule has 1 saturated heterocycles. The second-order valence-corrected chi connectivity index (χ2v) is 5.24. The van der Waals surface area contributed by atoms with Crippen molar-refractivity contribution in [1.82, 2.24) is 9.80 Å². The number of piperazine rings is 1. The number of aliphatic hydroxyl groups excluding tert-OH is 1. The Balaban J connectivity index is 1.75. The van der Waals surface area contributed by atoms with Gasteiger partial charge in [-0.2, -0.15) is 0 Å². The van der Waals surface area contributed by atoms with E-state index in [1.54, 1.807) is 6.92 Å². The first kappa shape index (κ1) is 14.3. The van der Waals surface area contributed by atoms with Gasteiger partial charge < -0.3 is 14.7 Å². The second-order valence-electron chi connectivity index (χ2n) is 5.24. The Morgan fingerprint density at radius 3 is 2.68 bits per heavy atom. The van der Waals surface area contributed by atoms with E-state index >= 15 is 0 Å². The third-order valence-electron chi connectivity index (χ3n) is 3.61. The zero-order valence-corrected chi connectivity index (χ0v) is 11.9. The quantitative estimate of drug-likeness (QED) is 0.871. The molecule has 1 atom stereocenters. The van der Waals surface area contributed by atoms with E-state index in [2.05, 4.69) is 16.8 Å². The number of rotatable bonds is 5. The van der Waals surface area contributed by atoms with Crippen molar-refractivity contribution in [3.63, 3.8) is 0 Å². The number of hydrogen-bond donors (Lipinski definition) is 1. The number of hydrogen-bond acceptors (Lipinski definition) is 4. The highest BCUT2D eigenvalue weighted by Crippen LogP contribution is 2.18. The molecule has 1 aromatic carbocycles. The fourth-order valence-electron chi connectivity index (χ4n) is 2.23. The van der Waals surface area contributed by atoms with Crippen LogP contribution in [0.2, 0.25) is 0 Å². The predicted octanol–water partition coefficient (Wildman–Crippen LogP) is 1.37. The molecule has 1 heterocycles. The Labute approximate surface area is 115 Å². The molecule has 1 N–H and O–H groups in total. The number of aliphatic hydroxyl groups is 1. The lowest BCUT2D eigenvalue weighted by Gasteiger charge is -2.32. The van der Waals surface area contributed by atoms with E-state index < -0.39 is 6.10 Å². The molecule has 0 amide bonds. The maximum atomic E-state index is 9.53. The van der Waals surface area contributed by atoms with E-state index in [-0.39, 0.29) is 0 Å². The normalized spacial score (nSPS) is 19.3. The van der Waals surface area contributed by atoms with Gasteiger partial charge in [-0.3, -0.25) is 4.90 Å². The largest absolute Gasteiger partial charge is 0.492 e. The van der Waals surface area contributed by atoms with Gasteiger partial charge in [0.25, 0.3) is 0 Å². The van der Waals surface area contributed by atoms with E-state index in [1.807, 2.05) is 24.3 Å². The summed E-state index contributed by atoms with van der Waals surface area (Å²) in [6.45, 7) is 7.94. The monoisotopic (exact) mass is 264 g/mol. The molecule has 0 radical (unpaired) electrons. The lowest BCUT2D eigenvalue weighted by Crippen LogP contribution is -2.45. The minimum absolute atomic E-state index is 0.443. The van der Waals surface area contributed by atoms with Crippen molar-refractivity contribution in [2.75, 3.05) is 46.4 Å². The van der Waals surface area contributed by atoms with E-state index in [4.69, 9.17) is 4.74 Å². The van der Waals surface area contributed by atoms with Crippen molar-refractivity contribution in [2.45, 2.75) is 13.0 Å². The molecule has 0 saturated carbocycles. The molecule has 106 valence electrons. The van der Waals surface area contributed by atoms with Crippen LogP contribution < -0.4 is 4.74 Å². The zero-order valence-electron chi connectivity index (χ0n) is 11.9. The first-order valence-corrected chi connectivity index (χ1v) is 6.97. The third-order valence-corrected chi connectivity index (χ3v) is 3.61. The summed E-state index contributed by atoms with van der Waals surface area (Å²) >= 11 is 0. The smallest absolute Gasteiger partial charge is 0.119 e. The van der Waals surface area contributed by atoms with E-state index in [1.165, 1.54) is 0 Å². The number of benzene rings is 1. The summed E-state index contributed by atoms with van der Waals surface area (Å²) in [4.78, 5) is 4.78. The van der Waals surface area contributed by atoms with Gasteiger partial charge in [0.1, 0.15) is 12.4 Å². The van der Waals surface area contributed by atoms with Crippen LogP contribution >= 0.6 is 0 Å². The van der Waals surface area contributed by atoms with Crippen molar-refractivity contribution < 1.29 is 9.84 Å². The van der Waals surface area contributed by atoms with E-state index in [9.17, 15) is 5.11 Å². The van der Waals surface area contributed by atoms with Crippen LogP contribution in [0.4, 0.5) is 0 Å². The van der Waals surface area contributed by atoms with Crippen molar-refractivity contribution in [2.24, 2.45) is 0 Å². The Morgan fingerprint density at radius 2 is 2.00 bits per heavy atom. The first-order valence-electron chi connectivity index (χ1n) is 6.97. The van der Waals surface area contributed by atoms with Crippen molar-refractivity contribution in [3.05, 3.63) is 29.8 Å². The van der Waals surface area contributed by atoms with Gasteiger partial charge in [0.2, 0.25) is 0 Å². The lowest BCUT2D eigenvalue weighted by molar-refractivity contribution is 0.133. The minimum Gasteiger partial charge on any atom is -0.492 e. The first-order chi connectivity index (χ1) is 9.15. The van der Waals surface area contributed by atoms with Crippen LogP contribution in [0.25, 0.3) is 0 Å². The molecule has 1 aliphatic rings. The van der Waals surface area contributed by atoms with Gasteiger partial charge in [-0.25, -0.2) is 0 Å². The molecular weight excluding hydrogens is 240 g/mol. The molecule has 4 nitrogen and oxygen atoms in total. The fraction of sp³-hybridized carbons (Fsp3) is 0.600. The summed E-state index contributed by atoms with van der Waals surface area (Å²) < 4.78 is 5.76. The van der Waals surface area contributed by atoms with Gasteiger partial charge >= 0.3 is 0 Å². The summed E-state index contributed by atoms with van der Waals surface area (Å²) in [5.41, 5.74) is 0.900. The summed E-state index contributed by atoms with van der Waals surface area (Å²) in [7, 11) is 2.16. The van der Waals surface area contributed by atoms with Crippen LogP contribution in [0, 0.1) is 0 Å². The van der Waals surface area contributed by atoms with Gasteiger partial charge in [-0.05, 0) is 31.7 Å². The van der Waals surface area contributed by atoms with Crippen molar-refractivity contribution in [3.8, 4) is 5.75 Å². The lowest BCUT2D eigenvalue weighted by atomic mass is 10.1. The Kier molecular flexibility index (Phi) is 5.19. The molecule has 0 spiro atoms. The number of nitrogens with zero attached hydrogens (tertiary/aromatic N) is 2.